The van der Waals surface area contributed by atoms with Crippen LogP contribution in [0.5, 0.6) is 5.75 Å². The third kappa shape index (κ3) is 5.14. The summed E-state index contributed by atoms with van der Waals surface area (Å²) in [7, 11) is 0. The normalized spacial score (nSPS) is 15.7. The van der Waals surface area contributed by atoms with Crippen molar-refractivity contribution in [1.29, 1.82) is 0 Å². The smallest absolute Gasteiger partial charge is 0.445 e. The summed E-state index contributed by atoms with van der Waals surface area (Å²) in [6, 6.07) is 5.36. The summed E-state index contributed by atoms with van der Waals surface area (Å²) in [5.74, 6) is -0.335. The second-order valence-electron chi connectivity index (χ2n) is 4.49. The van der Waals surface area contributed by atoms with Crippen molar-refractivity contribution < 1.29 is 27.4 Å². The van der Waals surface area contributed by atoms with Crippen molar-refractivity contribution in [3.05, 3.63) is 29.8 Å². The number of carbonyl (C=O) groups is 1. The van der Waals surface area contributed by atoms with Gasteiger partial charge in [-0.15, -0.1) is 13.2 Å². The average molecular weight is 304 g/mol. The minimum atomic E-state index is -4.74. The van der Waals surface area contributed by atoms with E-state index >= 15 is 0 Å². The number of piperazine rings is 1. The van der Waals surface area contributed by atoms with Gasteiger partial charge >= 0.3 is 12.5 Å². The number of ether oxygens (including phenoxy) is 2. The molecule has 1 aliphatic rings. The Morgan fingerprint density at radius 3 is 2.67 bits per heavy atom. The zero-order valence-electron chi connectivity index (χ0n) is 11.2. The first-order valence-corrected chi connectivity index (χ1v) is 6.41. The molecule has 0 saturated carbocycles. The van der Waals surface area contributed by atoms with Gasteiger partial charge in [-0.2, -0.15) is 0 Å². The Morgan fingerprint density at radius 1 is 1.29 bits per heavy atom. The van der Waals surface area contributed by atoms with Gasteiger partial charge in [0.05, 0.1) is 0 Å². The molecule has 0 aromatic heterocycles. The quantitative estimate of drug-likeness (QED) is 0.929. The SMILES string of the molecule is O=C(OCc1cccc(OC(F)(F)F)c1)N1CCNCC1. The number of hydrogen-bond donors (Lipinski definition) is 1. The lowest BCUT2D eigenvalue weighted by Gasteiger charge is -2.26. The Balaban J connectivity index is 1.87. The lowest BCUT2D eigenvalue weighted by molar-refractivity contribution is -0.274. The van der Waals surface area contributed by atoms with Crippen LogP contribution in [0.3, 0.4) is 0 Å². The summed E-state index contributed by atoms with van der Waals surface area (Å²) in [6.45, 7) is 2.40. The Kier molecular flexibility index (Phi) is 4.89. The van der Waals surface area contributed by atoms with E-state index in [-0.39, 0.29) is 12.4 Å². The molecular weight excluding hydrogens is 289 g/mol. The van der Waals surface area contributed by atoms with Gasteiger partial charge in [-0.1, -0.05) is 12.1 Å². The van der Waals surface area contributed by atoms with Crippen LogP contribution in [0, 0.1) is 0 Å². The molecule has 5 nitrogen and oxygen atoms in total. The van der Waals surface area contributed by atoms with E-state index in [0.717, 1.165) is 0 Å². The maximum absolute atomic E-state index is 12.1. The molecule has 0 atom stereocenters. The lowest BCUT2D eigenvalue weighted by atomic mass is 10.2. The van der Waals surface area contributed by atoms with Gasteiger partial charge in [-0.05, 0) is 17.7 Å². The molecule has 1 N–H and O–H groups in total. The summed E-state index contributed by atoms with van der Waals surface area (Å²) in [5, 5.41) is 3.10. The Bertz CT molecular complexity index is 488. The Labute approximate surface area is 119 Å². The minimum Gasteiger partial charge on any atom is -0.445 e. The fourth-order valence-corrected chi connectivity index (χ4v) is 1.92. The number of hydrogen-bond acceptors (Lipinski definition) is 4. The zero-order chi connectivity index (χ0) is 15.3. The molecule has 2 rings (SSSR count). The van der Waals surface area contributed by atoms with Crippen LogP contribution in [0.15, 0.2) is 24.3 Å². The number of nitrogens with zero attached hydrogens (tertiary/aromatic N) is 1. The molecule has 1 fully saturated rings. The molecule has 0 bridgehead atoms. The largest absolute Gasteiger partial charge is 0.573 e. The number of halogens is 3. The predicted octanol–water partition coefficient (Wildman–Crippen LogP) is 2.13. The second kappa shape index (κ2) is 6.66. The van der Waals surface area contributed by atoms with Crippen molar-refractivity contribution in [3.63, 3.8) is 0 Å². The molecule has 0 spiro atoms. The third-order valence-electron chi connectivity index (χ3n) is 2.87. The molecule has 1 aromatic carbocycles. The number of rotatable bonds is 3. The van der Waals surface area contributed by atoms with E-state index in [1.807, 2.05) is 0 Å². The van der Waals surface area contributed by atoms with Crippen molar-refractivity contribution in [3.8, 4) is 5.75 Å². The van der Waals surface area contributed by atoms with Gasteiger partial charge in [0.1, 0.15) is 12.4 Å². The summed E-state index contributed by atoms with van der Waals surface area (Å²) in [4.78, 5) is 13.3. The molecule has 8 heteroatoms. The van der Waals surface area contributed by atoms with Crippen molar-refractivity contribution in [2.24, 2.45) is 0 Å². The van der Waals surface area contributed by atoms with Crippen LogP contribution in [-0.4, -0.2) is 43.5 Å². The van der Waals surface area contributed by atoms with Crippen molar-refractivity contribution in [2.75, 3.05) is 26.2 Å². The van der Waals surface area contributed by atoms with Crippen LogP contribution in [0.4, 0.5) is 18.0 Å². The minimum absolute atomic E-state index is 0.0994. The van der Waals surface area contributed by atoms with Crippen LogP contribution in [0.1, 0.15) is 5.56 Å². The summed E-state index contributed by atoms with van der Waals surface area (Å²) in [5.41, 5.74) is 0.431. The molecule has 1 saturated heterocycles. The molecule has 116 valence electrons. The molecule has 0 radical (unpaired) electrons. The predicted molar refractivity (Wildman–Crippen MR) is 67.8 cm³/mol. The molecule has 1 aromatic rings. The molecule has 1 heterocycles. The summed E-state index contributed by atoms with van der Waals surface area (Å²) < 4.78 is 45.2. The monoisotopic (exact) mass is 304 g/mol. The van der Waals surface area contributed by atoms with E-state index in [1.54, 1.807) is 11.0 Å². The van der Waals surface area contributed by atoms with E-state index in [2.05, 4.69) is 10.1 Å². The van der Waals surface area contributed by atoms with E-state index in [4.69, 9.17) is 4.74 Å². The Morgan fingerprint density at radius 2 is 2.00 bits per heavy atom. The summed E-state index contributed by atoms with van der Waals surface area (Å²) >= 11 is 0. The maximum Gasteiger partial charge on any atom is 0.573 e. The van der Waals surface area contributed by atoms with Crippen LogP contribution >= 0.6 is 0 Å². The third-order valence-corrected chi connectivity index (χ3v) is 2.87. The van der Waals surface area contributed by atoms with Crippen LogP contribution in [-0.2, 0) is 11.3 Å². The van der Waals surface area contributed by atoms with Gasteiger partial charge in [0.2, 0.25) is 0 Å². The molecule has 0 aliphatic carbocycles. The van der Waals surface area contributed by atoms with Gasteiger partial charge in [0, 0.05) is 26.2 Å². The van der Waals surface area contributed by atoms with Crippen LogP contribution in [0.2, 0.25) is 0 Å². The fourth-order valence-electron chi connectivity index (χ4n) is 1.92. The van der Waals surface area contributed by atoms with E-state index in [0.29, 0.717) is 31.7 Å². The maximum atomic E-state index is 12.1. The van der Waals surface area contributed by atoms with Gasteiger partial charge in [0.25, 0.3) is 0 Å². The highest BCUT2D eigenvalue weighted by Gasteiger charge is 2.31. The van der Waals surface area contributed by atoms with Crippen molar-refractivity contribution in [1.82, 2.24) is 10.2 Å². The second-order valence-corrected chi connectivity index (χ2v) is 4.49. The highest BCUT2D eigenvalue weighted by Crippen LogP contribution is 2.23. The van der Waals surface area contributed by atoms with Gasteiger partial charge in [0.15, 0.2) is 0 Å². The van der Waals surface area contributed by atoms with E-state index < -0.39 is 12.5 Å². The van der Waals surface area contributed by atoms with E-state index in [1.165, 1.54) is 18.2 Å². The first-order valence-electron chi connectivity index (χ1n) is 6.41. The molecule has 0 unspecified atom stereocenters. The Hall–Kier alpha value is -1.96. The van der Waals surface area contributed by atoms with Gasteiger partial charge in [-0.3, -0.25) is 0 Å². The average Bonchev–Trinajstić information content (AvgIpc) is 2.44. The molecule has 1 amide bonds. The van der Waals surface area contributed by atoms with Gasteiger partial charge in [-0.25, -0.2) is 4.79 Å². The highest BCUT2D eigenvalue weighted by molar-refractivity contribution is 5.67. The first-order chi connectivity index (χ1) is 9.94. The van der Waals surface area contributed by atoms with E-state index in [9.17, 15) is 18.0 Å². The molecule has 1 aliphatic heterocycles. The molecular formula is C13H15F3N2O3. The molecule has 21 heavy (non-hydrogen) atoms. The first kappa shape index (κ1) is 15.4. The number of carbonyl (C=O) groups excluding carboxylic acids is 1. The number of nitrogens with one attached hydrogen (secondary N) is 1. The highest BCUT2D eigenvalue weighted by atomic mass is 19.4. The number of benzene rings is 1. The van der Waals surface area contributed by atoms with Gasteiger partial charge < -0.3 is 19.7 Å². The number of amides is 1. The summed E-state index contributed by atoms with van der Waals surface area (Å²) in [6.07, 6.45) is -5.21. The van der Waals surface area contributed by atoms with Crippen LogP contribution < -0.4 is 10.1 Å². The van der Waals surface area contributed by atoms with Crippen molar-refractivity contribution in [2.45, 2.75) is 13.0 Å². The zero-order valence-corrected chi connectivity index (χ0v) is 11.2. The number of alkyl halides is 3. The lowest BCUT2D eigenvalue weighted by Crippen LogP contribution is -2.46. The van der Waals surface area contributed by atoms with Crippen LogP contribution in [0.25, 0.3) is 0 Å². The standard InChI is InChI=1S/C13H15F3N2O3/c14-13(15,16)21-11-3-1-2-10(8-11)9-20-12(19)18-6-4-17-5-7-18/h1-3,8,17H,4-7,9H2. The fraction of sp³-hybridized carbons (Fsp3) is 0.462. The topological polar surface area (TPSA) is 50.8 Å². The van der Waals surface area contributed by atoms with Crippen molar-refractivity contribution >= 4 is 6.09 Å².